The fourth-order valence-corrected chi connectivity index (χ4v) is 2.83. The van der Waals surface area contributed by atoms with Gasteiger partial charge in [0.1, 0.15) is 0 Å². The molecule has 1 heterocycles. The molecule has 0 aliphatic carbocycles. The van der Waals surface area contributed by atoms with E-state index in [2.05, 4.69) is 27.8 Å². The van der Waals surface area contributed by atoms with Gasteiger partial charge in [-0.2, -0.15) is 0 Å². The van der Waals surface area contributed by atoms with Crippen LogP contribution < -0.4 is 11.5 Å². The number of imidazole rings is 1. The molecule has 1 atom stereocenters. The van der Waals surface area contributed by atoms with Crippen molar-refractivity contribution in [2.24, 2.45) is 5.73 Å². The van der Waals surface area contributed by atoms with Crippen LogP contribution in [0.4, 0.5) is 5.95 Å². The molecule has 0 fully saturated rings. The van der Waals surface area contributed by atoms with Gasteiger partial charge in [-0.3, -0.25) is 4.79 Å². The topological polar surface area (TPSA) is 86.9 Å². The second-order valence-electron chi connectivity index (χ2n) is 5.14. The maximum Gasteiger partial charge on any atom is 0.248 e. The summed E-state index contributed by atoms with van der Waals surface area (Å²) in [7, 11) is 0. The van der Waals surface area contributed by atoms with E-state index in [-0.39, 0.29) is 6.04 Å². The molecule has 0 aliphatic heterocycles. The fourth-order valence-electron chi connectivity index (χ4n) is 2.57. The zero-order chi connectivity index (χ0) is 15.9. The molecular formula is C16H15BrN4O. The fraction of sp³-hybridized carbons (Fsp3) is 0.125. The van der Waals surface area contributed by atoms with E-state index in [9.17, 15) is 4.79 Å². The van der Waals surface area contributed by atoms with E-state index in [1.165, 1.54) is 0 Å². The number of primary amides is 1. The monoisotopic (exact) mass is 358 g/mol. The van der Waals surface area contributed by atoms with Crippen molar-refractivity contribution in [1.82, 2.24) is 9.55 Å². The molecule has 0 saturated heterocycles. The van der Waals surface area contributed by atoms with Crippen molar-refractivity contribution >= 4 is 38.8 Å². The molecule has 3 rings (SSSR count). The molecule has 3 aromatic rings. The van der Waals surface area contributed by atoms with Crippen LogP contribution in [0.15, 0.2) is 46.9 Å². The Kier molecular flexibility index (Phi) is 3.62. The molecule has 4 N–H and O–H groups in total. The lowest BCUT2D eigenvalue weighted by Gasteiger charge is -2.16. The minimum Gasteiger partial charge on any atom is -0.369 e. The number of nitrogens with two attached hydrogens (primary N) is 2. The van der Waals surface area contributed by atoms with Crippen LogP contribution in [0.3, 0.4) is 0 Å². The molecule has 6 heteroatoms. The van der Waals surface area contributed by atoms with Gasteiger partial charge in [0.25, 0.3) is 0 Å². The summed E-state index contributed by atoms with van der Waals surface area (Å²) in [5, 5.41) is 0. The number of carbonyl (C=O) groups excluding carboxylic acids is 1. The third-order valence-corrected chi connectivity index (χ3v) is 4.27. The summed E-state index contributed by atoms with van der Waals surface area (Å²) in [6.07, 6.45) is 0. The van der Waals surface area contributed by atoms with Crippen molar-refractivity contribution < 1.29 is 4.79 Å². The predicted molar refractivity (Wildman–Crippen MR) is 90.6 cm³/mol. The van der Waals surface area contributed by atoms with Crippen molar-refractivity contribution in [2.45, 2.75) is 13.0 Å². The normalized spacial score (nSPS) is 12.5. The number of halogens is 1. The van der Waals surface area contributed by atoms with Crippen LogP contribution in [0.5, 0.6) is 0 Å². The van der Waals surface area contributed by atoms with E-state index < -0.39 is 5.91 Å². The maximum absolute atomic E-state index is 11.3. The lowest BCUT2D eigenvalue weighted by molar-refractivity contribution is 0.100. The second kappa shape index (κ2) is 5.46. The van der Waals surface area contributed by atoms with Gasteiger partial charge in [0, 0.05) is 10.0 Å². The summed E-state index contributed by atoms with van der Waals surface area (Å²) >= 11 is 3.43. The Morgan fingerprint density at radius 2 is 1.91 bits per heavy atom. The summed E-state index contributed by atoms with van der Waals surface area (Å²) in [4.78, 5) is 15.6. The minimum absolute atomic E-state index is 0.0255. The van der Waals surface area contributed by atoms with Gasteiger partial charge in [-0.05, 0) is 42.8 Å². The van der Waals surface area contributed by atoms with E-state index in [4.69, 9.17) is 11.5 Å². The second-order valence-corrected chi connectivity index (χ2v) is 6.05. The van der Waals surface area contributed by atoms with Crippen LogP contribution in [0.2, 0.25) is 0 Å². The molecule has 0 radical (unpaired) electrons. The number of amides is 1. The third-order valence-electron chi connectivity index (χ3n) is 3.74. The highest BCUT2D eigenvalue weighted by Gasteiger charge is 2.16. The van der Waals surface area contributed by atoms with Gasteiger partial charge in [0.2, 0.25) is 11.9 Å². The molecule has 2 aromatic carbocycles. The van der Waals surface area contributed by atoms with E-state index in [1.54, 1.807) is 12.1 Å². The van der Waals surface area contributed by atoms with Crippen LogP contribution in [0.1, 0.15) is 28.9 Å². The van der Waals surface area contributed by atoms with Crippen LogP contribution in [-0.4, -0.2) is 15.5 Å². The molecule has 22 heavy (non-hydrogen) atoms. The predicted octanol–water partition coefficient (Wildman–Crippen LogP) is 3.09. The number of hydrogen-bond donors (Lipinski definition) is 2. The van der Waals surface area contributed by atoms with Gasteiger partial charge in [-0.1, -0.05) is 28.1 Å². The van der Waals surface area contributed by atoms with Gasteiger partial charge < -0.3 is 16.0 Å². The van der Waals surface area contributed by atoms with Crippen LogP contribution in [0, 0.1) is 0 Å². The zero-order valence-electron chi connectivity index (χ0n) is 12.0. The average molecular weight is 359 g/mol. The summed E-state index contributed by atoms with van der Waals surface area (Å²) in [5.74, 6) is -0.0666. The molecular weight excluding hydrogens is 344 g/mol. The maximum atomic E-state index is 11.3. The van der Waals surface area contributed by atoms with Crippen molar-refractivity contribution in [3.8, 4) is 0 Å². The molecule has 5 nitrogen and oxygen atoms in total. The van der Waals surface area contributed by atoms with E-state index >= 15 is 0 Å². The first-order valence-corrected chi connectivity index (χ1v) is 7.59. The van der Waals surface area contributed by atoms with Gasteiger partial charge in [-0.25, -0.2) is 4.98 Å². The van der Waals surface area contributed by atoms with Crippen molar-refractivity contribution in [3.63, 3.8) is 0 Å². The Labute approximate surface area is 136 Å². The zero-order valence-corrected chi connectivity index (χ0v) is 13.5. The van der Waals surface area contributed by atoms with Crippen LogP contribution in [0.25, 0.3) is 11.0 Å². The highest BCUT2D eigenvalue weighted by Crippen LogP contribution is 2.28. The molecule has 0 aliphatic rings. The van der Waals surface area contributed by atoms with Gasteiger partial charge in [0.15, 0.2) is 0 Å². The van der Waals surface area contributed by atoms with Crippen molar-refractivity contribution in [2.75, 3.05) is 5.73 Å². The molecule has 1 amide bonds. The van der Waals surface area contributed by atoms with Crippen molar-refractivity contribution in [3.05, 3.63) is 58.1 Å². The molecule has 112 valence electrons. The number of aromatic nitrogens is 2. The van der Waals surface area contributed by atoms with E-state index in [0.717, 1.165) is 15.6 Å². The minimum atomic E-state index is -0.476. The first-order chi connectivity index (χ1) is 10.5. The van der Waals surface area contributed by atoms with Gasteiger partial charge >= 0.3 is 0 Å². The van der Waals surface area contributed by atoms with Crippen molar-refractivity contribution in [1.29, 1.82) is 0 Å². The van der Waals surface area contributed by atoms with E-state index in [0.29, 0.717) is 17.0 Å². The quantitative estimate of drug-likeness (QED) is 0.753. The Morgan fingerprint density at radius 3 is 2.55 bits per heavy atom. The Hall–Kier alpha value is -2.34. The summed E-state index contributed by atoms with van der Waals surface area (Å²) < 4.78 is 2.97. The Bertz CT molecular complexity index is 854. The largest absolute Gasteiger partial charge is 0.369 e. The molecule has 0 bridgehead atoms. The number of hydrogen-bond acceptors (Lipinski definition) is 3. The number of anilines is 1. The first-order valence-electron chi connectivity index (χ1n) is 6.80. The van der Waals surface area contributed by atoms with E-state index in [1.807, 2.05) is 34.9 Å². The lowest BCUT2D eigenvalue weighted by atomic mass is 10.1. The summed E-state index contributed by atoms with van der Waals surface area (Å²) in [6.45, 7) is 2.06. The van der Waals surface area contributed by atoms with Gasteiger partial charge in [-0.15, -0.1) is 0 Å². The highest BCUT2D eigenvalue weighted by atomic mass is 79.9. The number of fused-ring (bicyclic) bond motifs is 1. The molecule has 1 aromatic heterocycles. The SMILES string of the molecule is CC(c1ccc(Br)cc1)n1c(N)nc2cc(C(N)=O)ccc21. The lowest BCUT2D eigenvalue weighted by Crippen LogP contribution is -2.11. The first kappa shape index (κ1) is 14.6. The number of benzene rings is 2. The third kappa shape index (κ3) is 2.46. The molecule has 1 unspecified atom stereocenters. The molecule has 0 saturated carbocycles. The Morgan fingerprint density at radius 1 is 1.23 bits per heavy atom. The Balaban J connectivity index is 2.12. The van der Waals surface area contributed by atoms with Crippen LogP contribution in [-0.2, 0) is 0 Å². The summed E-state index contributed by atoms with van der Waals surface area (Å²) in [5.41, 5.74) is 14.5. The molecule has 0 spiro atoms. The number of carbonyl (C=O) groups is 1. The number of nitrogen functional groups attached to an aromatic ring is 1. The number of nitrogens with zero attached hydrogens (tertiary/aromatic N) is 2. The van der Waals surface area contributed by atoms with Gasteiger partial charge in [0.05, 0.1) is 17.1 Å². The standard InChI is InChI=1S/C16H15BrN4O/c1-9(10-2-5-12(17)6-3-10)21-14-7-4-11(15(18)22)8-13(14)20-16(21)19/h2-9H,1H3,(H2,18,22)(H2,19,20). The average Bonchev–Trinajstić information content (AvgIpc) is 2.82. The summed E-state index contributed by atoms with van der Waals surface area (Å²) in [6, 6.07) is 13.3. The smallest absolute Gasteiger partial charge is 0.248 e. The van der Waals surface area contributed by atoms with Crippen LogP contribution >= 0.6 is 15.9 Å². The number of rotatable bonds is 3. The highest BCUT2D eigenvalue weighted by molar-refractivity contribution is 9.10.